The molecule has 3 heteroatoms. The van der Waals surface area contributed by atoms with Crippen LogP contribution in [-0.4, -0.2) is 15.0 Å². The molecular weight excluding hydrogens is 258 g/mol. The van der Waals surface area contributed by atoms with Gasteiger partial charge < -0.3 is 0 Å². The van der Waals surface area contributed by atoms with E-state index in [2.05, 4.69) is 53.1 Å². The van der Waals surface area contributed by atoms with E-state index in [9.17, 15) is 0 Å². The third kappa shape index (κ3) is 1.55. The fourth-order valence-electron chi connectivity index (χ4n) is 6.84. The third-order valence-electron chi connectivity index (χ3n) is 6.40. The van der Waals surface area contributed by atoms with Crippen molar-refractivity contribution in [3.8, 4) is 0 Å². The average Bonchev–Trinajstić information content (AvgIpc) is 2.78. The van der Waals surface area contributed by atoms with Gasteiger partial charge >= 0.3 is 0 Å². The average molecular weight is 281 g/mol. The van der Waals surface area contributed by atoms with E-state index < -0.39 is 0 Å². The lowest BCUT2D eigenvalue weighted by Crippen LogP contribution is -2.59. The van der Waals surface area contributed by atoms with Crippen molar-refractivity contribution in [2.75, 3.05) is 0 Å². The van der Waals surface area contributed by atoms with Crippen molar-refractivity contribution in [2.24, 2.45) is 16.7 Å². The summed E-state index contributed by atoms with van der Waals surface area (Å²) >= 11 is 0. The zero-order valence-electron chi connectivity index (χ0n) is 13.0. The Bertz CT molecular complexity index is 713. The number of nitrogens with zero attached hydrogens (tertiary/aromatic N) is 3. The molecule has 2 aromatic rings. The molecule has 1 aromatic heterocycles. The van der Waals surface area contributed by atoms with Crippen LogP contribution in [0.3, 0.4) is 0 Å². The highest BCUT2D eigenvalue weighted by Crippen LogP contribution is 2.68. The van der Waals surface area contributed by atoms with Gasteiger partial charge in [0.2, 0.25) is 0 Å². The van der Waals surface area contributed by atoms with Crippen molar-refractivity contribution < 1.29 is 0 Å². The zero-order chi connectivity index (χ0) is 14.3. The molecule has 0 saturated heterocycles. The van der Waals surface area contributed by atoms with Crippen molar-refractivity contribution in [1.82, 2.24) is 15.0 Å². The number of benzene rings is 1. The summed E-state index contributed by atoms with van der Waals surface area (Å²) in [5.41, 5.74) is 3.52. The SMILES string of the molecule is C[C@]12CC3CC(n4nnc5ccccc54)(C1)C[C@@](C)(C3)C2. The molecule has 4 aliphatic carbocycles. The molecule has 3 nitrogen and oxygen atoms in total. The molecule has 2 unspecified atom stereocenters. The van der Waals surface area contributed by atoms with Gasteiger partial charge in [0, 0.05) is 0 Å². The minimum absolute atomic E-state index is 0.221. The summed E-state index contributed by atoms with van der Waals surface area (Å²) in [5, 5.41) is 9.05. The topological polar surface area (TPSA) is 30.7 Å². The maximum atomic E-state index is 4.61. The molecule has 1 aromatic carbocycles. The van der Waals surface area contributed by atoms with Gasteiger partial charge in [-0.2, -0.15) is 0 Å². The van der Waals surface area contributed by atoms with E-state index in [-0.39, 0.29) is 5.54 Å². The maximum Gasteiger partial charge on any atom is 0.113 e. The second-order valence-corrected chi connectivity index (χ2v) is 8.84. The van der Waals surface area contributed by atoms with Gasteiger partial charge in [0.1, 0.15) is 5.52 Å². The molecule has 1 heterocycles. The Morgan fingerprint density at radius 3 is 2.43 bits per heavy atom. The van der Waals surface area contributed by atoms with Crippen LogP contribution in [0.25, 0.3) is 11.0 Å². The fourth-order valence-corrected chi connectivity index (χ4v) is 6.84. The highest BCUT2D eigenvalue weighted by Gasteiger charge is 2.61. The summed E-state index contributed by atoms with van der Waals surface area (Å²) in [5.74, 6) is 0.888. The molecule has 6 rings (SSSR count). The van der Waals surface area contributed by atoms with Gasteiger partial charge in [0.15, 0.2) is 0 Å². The Balaban J connectivity index is 1.71. The van der Waals surface area contributed by atoms with Gasteiger partial charge in [-0.15, -0.1) is 5.10 Å². The van der Waals surface area contributed by atoms with Crippen molar-refractivity contribution in [1.29, 1.82) is 0 Å². The van der Waals surface area contributed by atoms with E-state index in [0.29, 0.717) is 10.8 Å². The van der Waals surface area contributed by atoms with Gasteiger partial charge in [-0.25, -0.2) is 4.68 Å². The Labute approximate surface area is 125 Å². The molecule has 4 bridgehead atoms. The first-order valence-electron chi connectivity index (χ1n) is 8.30. The van der Waals surface area contributed by atoms with Crippen LogP contribution in [0.15, 0.2) is 24.3 Å². The number of aromatic nitrogens is 3. The minimum atomic E-state index is 0.221. The van der Waals surface area contributed by atoms with Crippen LogP contribution in [0.5, 0.6) is 0 Å². The molecular formula is C18H23N3. The van der Waals surface area contributed by atoms with E-state index in [1.54, 1.807) is 0 Å². The largest absolute Gasteiger partial charge is 0.239 e. The highest BCUT2D eigenvalue weighted by molar-refractivity contribution is 5.74. The normalized spacial score (nSPS) is 44.6. The van der Waals surface area contributed by atoms with Crippen molar-refractivity contribution in [2.45, 2.75) is 57.9 Å². The Kier molecular flexibility index (Phi) is 2.03. The maximum absolute atomic E-state index is 4.61. The summed E-state index contributed by atoms with van der Waals surface area (Å²) < 4.78 is 2.31. The lowest BCUT2D eigenvalue weighted by Gasteiger charge is -2.65. The summed E-state index contributed by atoms with van der Waals surface area (Å²) in [6, 6.07) is 8.46. The van der Waals surface area contributed by atoms with E-state index >= 15 is 0 Å². The molecule has 0 amide bonds. The van der Waals surface area contributed by atoms with Crippen LogP contribution in [-0.2, 0) is 5.54 Å². The van der Waals surface area contributed by atoms with Crippen LogP contribution in [0.1, 0.15) is 52.4 Å². The molecule has 0 N–H and O–H groups in total. The fraction of sp³-hybridized carbons (Fsp3) is 0.667. The second-order valence-electron chi connectivity index (χ2n) is 8.84. The monoisotopic (exact) mass is 281 g/mol. The van der Waals surface area contributed by atoms with E-state index in [1.807, 2.05) is 0 Å². The molecule has 0 radical (unpaired) electrons. The second kappa shape index (κ2) is 3.50. The predicted molar refractivity (Wildman–Crippen MR) is 82.9 cm³/mol. The first-order chi connectivity index (χ1) is 10.00. The van der Waals surface area contributed by atoms with E-state index in [0.717, 1.165) is 11.4 Å². The van der Waals surface area contributed by atoms with Crippen molar-refractivity contribution >= 4 is 11.0 Å². The summed E-state index contributed by atoms with van der Waals surface area (Å²) in [4.78, 5) is 0. The smallest absolute Gasteiger partial charge is 0.113 e. The quantitative estimate of drug-likeness (QED) is 0.786. The molecule has 110 valence electrons. The van der Waals surface area contributed by atoms with Gasteiger partial charge in [0.05, 0.1) is 11.1 Å². The lowest BCUT2D eigenvalue weighted by atomic mass is 9.43. The zero-order valence-corrected chi connectivity index (χ0v) is 13.0. The summed E-state index contributed by atoms with van der Waals surface area (Å²) in [7, 11) is 0. The van der Waals surface area contributed by atoms with E-state index in [1.165, 1.54) is 44.0 Å². The van der Waals surface area contributed by atoms with Crippen molar-refractivity contribution in [3.05, 3.63) is 24.3 Å². The lowest BCUT2D eigenvalue weighted by molar-refractivity contribution is -0.138. The predicted octanol–water partition coefficient (Wildman–Crippen LogP) is 4.14. The highest BCUT2D eigenvalue weighted by atomic mass is 15.5. The van der Waals surface area contributed by atoms with Crippen LogP contribution in [0, 0.1) is 16.7 Å². The Morgan fingerprint density at radius 2 is 1.71 bits per heavy atom. The van der Waals surface area contributed by atoms with Crippen LogP contribution < -0.4 is 0 Å². The molecule has 4 fully saturated rings. The van der Waals surface area contributed by atoms with Crippen LogP contribution in [0.4, 0.5) is 0 Å². The van der Waals surface area contributed by atoms with Gasteiger partial charge in [0.25, 0.3) is 0 Å². The third-order valence-corrected chi connectivity index (χ3v) is 6.40. The number of para-hydroxylation sites is 1. The van der Waals surface area contributed by atoms with Gasteiger partial charge in [-0.3, -0.25) is 0 Å². The van der Waals surface area contributed by atoms with Gasteiger partial charge in [-0.05, 0) is 67.4 Å². The number of fused-ring (bicyclic) bond motifs is 1. The number of rotatable bonds is 1. The molecule has 4 saturated carbocycles. The van der Waals surface area contributed by atoms with Crippen molar-refractivity contribution in [3.63, 3.8) is 0 Å². The Morgan fingerprint density at radius 1 is 1.00 bits per heavy atom. The van der Waals surface area contributed by atoms with Crippen LogP contribution in [0.2, 0.25) is 0 Å². The molecule has 0 spiro atoms. The standard InChI is InChI=1S/C18H23N3/c1-16-7-13-8-17(2,10-16)12-18(9-13,11-16)21-15-6-4-3-5-14(15)19-20-21/h3-6,13H,7-12H2,1-2H3/t13?,16-,17+,18?. The van der Waals surface area contributed by atoms with Gasteiger partial charge in [-0.1, -0.05) is 31.2 Å². The summed E-state index contributed by atoms with van der Waals surface area (Å²) in [6.07, 6.45) is 8.16. The number of hydrogen-bond acceptors (Lipinski definition) is 2. The Hall–Kier alpha value is -1.38. The van der Waals surface area contributed by atoms with Crippen LogP contribution >= 0.6 is 0 Å². The summed E-state index contributed by atoms with van der Waals surface area (Å²) in [6.45, 7) is 5.03. The minimum Gasteiger partial charge on any atom is -0.239 e. The van der Waals surface area contributed by atoms with E-state index in [4.69, 9.17) is 0 Å². The number of hydrogen-bond donors (Lipinski definition) is 0. The molecule has 4 aliphatic rings. The molecule has 4 atom stereocenters. The molecule has 21 heavy (non-hydrogen) atoms. The molecule has 0 aliphatic heterocycles. The first kappa shape index (κ1) is 12.2. The first-order valence-corrected chi connectivity index (χ1v) is 8.30.